The van der Waals surface area contributed by atoms with Crippen molar-refractivity contribution in [2.45, 2.75) is 12.5 Å². The Morgan fingerprint density at radius 2 is 1.56 bits per heavy atom. The molecule has 1 aliphatic heterocycles. The molecule has 1 atom stereocenters. The second kappa shape index (κ2) is 10.2. The van der Waals surface area contributed by atoms with Crippen molar-refractivity contribution in [2.24, 2.45) is 0 Å². The van der Waals surface area contributed by atoms with E-state index in [4.69, 9.17) is 16.3 Å². The third-order valence-corrected chi connectivity index (χ3v) is 6.04. The van der Waals surface area contributed by atoms with Gasteiger partial charge in [0.05, 0.1) is 21.8 Å². The van der Waals surface area contributed by atoms with E-state index in [0.29, 0.717) is 10.7 Å². The minimum absolute atomic E-state index is 0.0469. The van der Waals surface area contributed by atoms with Crippen LogP contribution in [-0.2, 0) is 20.7 Å². The van der Waals surface area contributed by atoms with Crippen molar-refractivity contribution in [3.63, 3.8) is 0 Å². The van der Waals surface area contributed by atoms with E-state index in [0.717, 1.165) is 14.9 Å². The van der Waals surface area contributed by atoms with Crippen molar-refractivity contribution in [3.8, 4) is 0 Å². The fraction of sp³-hybridized carbons (Fsp3) is 0.120. The third kappa shape index (κ3) is 5.03. The first-order valence-corrected chi connectivity index (χ1v) is 11.4. The molecule has 9 heteroatoms. The van der Waals surface area contributed by atoms with E-state index in [1.165, 1.54) is 12.1 Å². The Morgan fingerprint density at radius 1 is 0.941 bits per heavy atom. The number of anilines is 1. The highest BCUT2D eigenvalue weighted by atomic mass is 79.9. The SMILES string of the molecule is O=C(COC(=O)[C@@H](Cc1ccccc1)N1C(=O)c2ccccc2C1=O)Nc1ccc(Br)cc1Cl. The Kier molecular flexibility index (Phi) is 7.09. The molecule has 1 heterocycles. The Hall–Kier alpha value is -3.49. The predicted octanol–water partition coefficient (Wildman–Crippen LogP) is 4.49. The zero-order valence-corrected chi connectivity index (χ0v) is 20.0. The summed E-state index contributed by atoms with van der Waals surface area (Å²) in [4.78, 5) is 52.3. The lowest BCUT2D eigenvalue weighted by molar-refractivity contribution is -0.151. The topological polar surface area (TPSA) is 92.8 Å². The molecule has 0 saturated heterocycles. The molecule has 0 spiro atoms. The summed E-state index contributed by atoms with van der Waals surface area (Å²) in [6.07, 6.45) is 0.0469. The largest absolute Gasteiger partial charge is 0.454 e. The minimum Gasteiger partial charge on any atom is -0.454 e. The average molecular weight is 542 g/mol. The molecule has 4 rings (SSSR count). The molecule has 3 aromatic rings. The number of carbonyl (C=O) groups is 4. The number of imide groups is 1. The number of nitrogens with zero attached hydrogens (tertiary/aromatic N) is 1. The maximum absolute atomic E-state index is 13.1. The van der Waals surface area contributed by atoms with Crippen LogP contribution >= 0.6 is 27.5 Å². The number of benzene rings is 3. The molecule has 1 aliphatic rings. The van der Waals surface area contributed by atoms with E-state index >= 15 is 0 Å². The zero-order valence-electron chi connectivity index (χ0n) is 17.7. The Bertz CT molecular complexity index is 1250. The van der Waals surface area contributed by atoms with Crippen molar-refractivity contribution in [1.29, 1.82) is 0 Å². The molecule has 0 unspecified atom stereocenters. The summed E-state index contributed by atoms with van der Waals surface area (Å²) in [7, 11) is 0. The standard InChI is InChI=1S/C25H18BrClN2O5/c26-16-10-11-20(19(27)13-16)28-22(30)14-34-25(33)21(12-15-6-2-1-3-7-15)29-23(31)17-8-4-5-9-18(17)24(29)32/h1-11,13,21H,12,14H2,(H,28,30)/t21-/m1/s1. The van der Waals surface area contributed by atoms with Crippen molar-refractivity contribution in [2.75, 3.05) is 11.9 Å². The smallest absolute Gasteiger partial charge is 0.330 e. The molecule has 0 saturated carbocycles. The number of fused-ring (bicyclic) bond motifs is 1. The van der Waals surface area contributed by atoms with Crippen LogP contribution in [0.1, 0.15) is 26.3 Å². The number of rotatable bonds is 7. The molecule has 0 aromatic heterocycles. The van der Waals surface area contributed by atoms with Crippen LogP contribution in [0.5, 0.6) is 0 Å². The van der Waals surface area contributed by atoms with Crippen molar-refractivity contribution in [3.05, 3.63) is 99.0 Å². The van der Waals surface area contributed by atoms with Gasteiger partial charge in [-0.2, -0.15) is 0 Å². The third-order valence-electron chi connectivity index (χ3n) is 5.23. The van der Waals surface area contributed by atoms with Crippen LogP contribution in [0.2, 0.25) is 5.02 Å². The first-order valence-electron chi connectivity index (χ1n) is 10.3. The molecule has 0 bridgehead atoms. The molecule has 0 radical (unpaired) electrons. The van der Waals surface area contributed by atoms with E-state index < -0.39 is 36.3 Å². The van der Waals surface area contributed by atoms with Crippen molar-refractivity contribution >= 4 is 56.9 Å². The van der Waals surface area contributed by atoms with Crippen LogP contribution in [0.3, 0.4) is 0 Å². The van der Waals surface area contributed by atoms with E-state index in [-0.39, 0.29) is 17.5 Å². The molecule has 1 N–H and O–H groups in total. The van der Waals surface area contributed by atoms with Gasteiger partial charge in [-0.3, -0.25) is 19.3 Å². The number of esters is 1. The lowest BCUT2D eigenvalue weighted by Crippen LogP contribution is -2.47. The van der Waals surface area contributed by atoms with E-state index in [9.17, 15) is 19.2 Å². The van der Waals surface area contributed by atoms with Gasteiger partial charge >= 0.3 is 5.97 Å². The number of ether oxygens (including phenoxy) is 1. The van der Waals surface area contributed by atoms with Gasteiger partial charge < -0.3 is 10.1 Å². The summed E-state index contributed by atoms with van der Waals surface area (Å²) in [5.74, 6) is -2.64. The van der Waals surface area contributed by atoms with E-state index in [1.807, 2.05) is 6.07 Å². The Balaban J connectivity index is 1.51. The van der Waals surface area contributed by atoms with Gasteiger partial charge in [-0.25, -0.2) is 4.79 Å². The normalized spacial score (nSPS) is 13.4. The van der Waals surface area contributed by atoms with Gasteiger partial charge in [0, 0.05) is 10.9 Å². The van der Waals surface area contributed by atoms with Crippen LogP contribution in [0.15, 0.2) is 77.3 Å². The molecule has 7 nitrogen and oxygen atoms in total. The van der Waals surface area contributed by atoms with Gasteiger partial charge in [-0.05, 0) is 35.9 Å². The van der Waals surface area contributed by atoms with Gasteiger partial charge in [0.2, 0.25) is 0 Å². The summed E-state index contributed by atoms with van der Waals surface area (Å²) in [6.45, 7) is -0.611. The Morgan fingerprint density at radius 3 is 2.18 bits per heavy atom. The quantitative estimate of drug-likeness (QED) is 0.351. The first kappa shape index (κ1) is 23.7. The van der Waals surface area contributed by atoms with E-state index in [2.05, 4.69) is 21.2 Å². The molecule has 3 aromatic carbocycles. The van der Waals surface area contributed by atoms with Gasteiger partial charge in [0.15, 0.2) is 6.61 Å². The first-order chi connectivity index (χ1) is 16.3. The van der Waals surface area contributed by atoms with Crippen LogP contribution < -0.4 is 5.32 Å². The summed E-state index contributed by atoms with van der Waals surface area (Å²) >= 11 is 9.39. The van der Waals surface area contributed by atoms with Crippen molar-refractivity contribution in [1.82, 2.24) is 4.90 Å². The fourth-order valence-electron chi connectivity index (χ4n) is 3.62. The maximum atomic E-state index is 13.1. The lowest BCUT2D eigenvalue weighted by Gasteiger charge is -2.24. The number of hydrogen-bond donors (Lipinski definition) is 1. The lowest BCUT2D eigenvalue weighted by atomic mass is 10.0. The van der Waals surface area contributed by atoms with E-state index in [1.54, 1.807) is 54.6 Å². The molecule has 3 amide bonds. The average Bonchev–Trinajstić information content (AvgIpc) is 3.08. The van der Waals surface area contributed by atoms with Crippen molar-refractivity contribution < 1.29 is 23.9 Å². The van der Waals surface area contributed by atoms with Gasteiger partial charge in [-0.1, -0.05) is 70.0 Å². The monoisotopic (exact) mass is 540 g/mol. The summed E-state index contributed by atoms with van der Waals surface area (Å²) in [5.41, 5.74) is 1.53. The molecule has 172 valence electrons. The number of nitrogens with one attached hydrogen (secondary N) is 1. The maximum Gasteiger partial charge on any atom is 0.330 e. The summed E-state index contributed by atoms with van der Waals surface area (Å²) in [6, 6.07) is 19.0. The van der Waals surface area contributed by atoms with Gasteiger partial charge in [0.1, 0.15) is 6.04 Å². The highest BCUT2D eigenvalue weighted by Gasteiger charge is 2.43. The fourth-order valence-corrected chi connectivity index (χ4v) is 4.34. The number of amides is 3. The molecule has 34 heavy (non-hydrogen) atoms. The number of carbonyl (C=O) groups excluding carboxylic acids is 4. The minimum atomic E-state index is -1.24. The molecule has 0 fully saturated rings. The van der Waals surface area contributed by atoms with Crippen LogP contribution in [0.25, 0.3) is 0 Å². The predicted molar refractivity (Wildman–Crippen MR) is 130 cm³/mol. The summed E-state index contributed by atoms with van der Waals surface area (Å²) < 4.78 is 5.97. The molecular weight excluding hydrogens is 524 g/mol. The molecule has 0 aliphatic carbocycles. The highest BCUT2D eigenvalue weighted by Crippen LogP contribution is 2.27. The second-order valence-electron chi connectivity index (χ2n) is 7.51. The molecular formula is C25H18BrClN2O5. The van der Waals surface area contributed by atoms with Crippen LogP contribution in [0.4, 0.5) is 5.69 Å². The zero-order chi connectivity index (χ0) is 24.2. The number of halogens is 2. The number of hydrogen-bond acceptors (Lipinski definition) is 5. The van der Waals surface area contributed by atoms with Gasteiger partial charge in [0.25, 0.3) is 17.7 Å². The second-order valence-corrected chi connectivity index (χ2v) is 8.83. The van der Waals surface area contributed by atoms with Gasteiger partial charge in [-0.15, -0.1) is 0 Å². The Labute approximate surface area is 208 Å². The van der Waals surface area contributed by atoms with Crippen LogP contribution in [0, 0.1) is 0 Å². The summed E-state index contributed by atoms with van der Waals surface area (Å²) in [5, 5.41) is 2.87. The van der Waals surface area contributed by atoms with Crippen LogP contribution in [-0.4, -0.2) is 41.2 Å². The highest BCUT2D eigenvalue weighted by molar-refractivity contribution is 9.10.